The predicted molar refractivity (Wildman–Crippen MR) is 42.8 cm³/mol. The van der Waals surface area contributed by atoms with Crippen molar-refractivity contribution in [3.8, 4) is 0 Å². The zero-order valence-corrected chi connectivity index (χ0v) is 7.38. The van der Waals surface area contributed by atoms with Crippen LogP contribution in [0.5, 0.6) is 0 Å². The summed E-state index contributed by atoms with van der Waals surface area (Å²) in [7, 11) is 1.24. The van der Waals surface area contributed by atoms with E-state index in [9.17, 15) is 18.0 Å². The zero-order chi connectivity index (χ0) is 11.4. The highest BCUT2D eigenvalue weighted by Crippen LogP contribution is 2.14. The number of nitrogens with two attached hydrogens (primary N) is 1. The van der Waals surface area contributed by atoms with Crippen LogP contribution in [0.3, 0.4) is 0 Å². The molecule has 0 saturated carbocycles. The van der Waals surface area contributed by atoms with Gasteiger partial charge in [-0.3, -0.25) is 4.79 Å². The molecule has 5 nitrogen and oxygen atoms in total. The van der Waals surface area contributed by atoms with Gasteiger partial charge in [-0.1, -0.05) is 0 Å². The second kappa shape index (κ2) is 4.68. The van der Waals surface area contributed by atoms with Gasteiger partial charge in [0.25, 0.3) is 0 Å². The lowest BCUT2D eigenvalue weighted by molar-refractivity contribution is -0.137. The van der Waals surface area contributed by atoms with Gasteiger partial charge in [0, 0.05) is 7.05 Å². The Labute approximate surface area is 78.0 Å². The normalized spacial score (nSPS) is 12.7. The number of aliphatic carboxylic acids is 1. The fourth-order valence-electron chi connectivity index (χ4n) is 0.575. The van der Waals surface area contributed by atoms with E-state index in [1.807, 2.05) is 0 Å². The summed E-state index contributed by atoms with van der Waals surface area (Å²) in [4.78, 5) is 14.0. The first-order valence-corrected chi connectivity index (χ1v) is 3.52. The largest absolute Gasteiger partial charge is 0.480 e. The van der Waals surface area contributed by atoms with Gasteiger partial charge in [-0.05, 0) is 0 Å². The molecule has 0 amide bonds. The Morgan fingerprint density at radius 3 is 2.43 bits per heavy atom. The third kappa shape index (κ3) is 6.09. The number of rotatable bonds is 3. The SMILES string of the molecule is CN(CC(=O)O)C(N)=NCC(F)(F)F. The lowest BCUT2D eigenvalue weighted by Crippen LogP contribution is -2.38. The molecule has 14 heavy (non-hydrogen) atoms. The zero-order valence-electron chi connectivity index (χ0n) is 7.38. The summed E-state index contributed by atoms with van der Waals surface area (Å²) in [6.45, 7) is -1.91. The van der Waals surface area contributed by atoms with Crippen LogP contribution >= 0.6 is 0 Å². The number of likely N-dealkylation sites (N-methyl/N-ethyl adjacent to an activating group) is 1. The Morgan fingerprint density at radius 1 is 1.57 bits per heavy atom. The Morgan fingerprint density at radius 2 is 2.07 bits per heavy atom. The number of hydrogen-bond acceptors (Lipinski definition) is 2. The highest BCUT2D eigenvalue weighted by atomic mass is 19.4. The lowest BCUT2D eigenvalue weighted by Gasteiger charge is -2.15. The van der Waals surface area contributed by atoms with Gasteiger partial charge in [-0.15, -0.1) is 0 Å². The minimum Gasteiger partial charge on any atom is -0.480 e. The molecule has 0 aromatic rings. The number of nitrogens with zero attached hydrogens (tertiary/aromatic N) is 2. The van der Waals surface area contributed by atoms with E-state index >= 15 is 0 Å². The average Bonchev–Trinajstić information content (AvgIpc) is 1.97. The molecule has 0 fully saturated rings. The molecule has 8 heteroatoms. The van der Waals surface area contributed by atoms with Crippen LogP contribution < -0.4 is 5.73 Å². The maximum absolute atomic E-state index is 11.6. The summed E-state index contributed by atoms with van der Waals surface area (Å²) >= 11 is 0. The topological polar surface area (TPSA) is 78.9 Å². The van der Waals surface area contributed by atoms with Crippen LogP contribution in [0, 0.1) is 0 Å². The summed E-state index contributed by atoms with van der Waals surface area (Å²) in [5.74, 6) is -1.65. The minimum atomic E-state index is -4.44. The van der Waals surface area contributed by atoms with E-state index in [1.165, 1.54) is 7.05 Å². The maximum Gasteiger partial charge on any atom is 0.408 e. The molecule has 0 aromatic carbocycles. The third-order valence-corrected chi connectivity index (χ3v) is 1.18. The van der Waals surface area contributed by atoms with Gasteiger partial charge < -0.3 is 15.7 Å². The Kier molecular flexibility index (Phi) is 4.19. The van der Waals surface area contributed by atoms with Crippen LogP contribution in [0.1, 0.15) is 0 Å². The van der Waals surface area contributed by atoms with Crippen LogP contribution in [-0.2, 0) is 4.79 Å². The molecule has 0 aliphatic rings. The summed E-state index contributed by atoms with van der Waals surface area (Å²) in [5.41, 5.74) is 5.09. The van der Waals surface area contributed by atoms with Gasteiger partial charge in [0.2, 0.25) is 0 Å². The highest BCUT2D eigenvalue weighted by Gasteiger charge is 2.26. The van der Waals surface area contributed by atoms with Gasteiger partial charge in [-0.2, -0.15) is 13.2 Å². The number of carboxylic acid groups (broad SMARTS) is 1. The van der Waals surface area contributed by atoms with E-state index in [0.29, 0.717) is 0 Å². The summed E-state index contributed by atoms with van der Waals surface area (Å²) in [6.07, 6.45) is -4.44. The van der Waals surface area contributed by atoms with Crippen molar-refractivity contribution >= 4 is 11.9 Å². The number of carboxylic acids is 1. The van der Waals surface area contributed by atoms with Crippen LogP contribution in [0.4, 0.5) is 13.2 Å². The molecule has 0 saturated heterocycles. The van der Waals surface area contributed by atoms with Gasteiger partial charge in [0.15, 0.2) is 5.96 Å². The van der Waals surface area contributed by atoms with E-state index in [1.54, 1.807) is 0 Å². The summed E-state index contributed by atoms with van der Waals surface area (Å²) in [6, 6.07) is 0. The van der Waals surface area contributed by atoms with Crippen molar-refractivity contribution in [3.63, 3.8) is 0 Å². The molecule has 0 heterocycles. The number of aliphatic imine (C=N–C) groups is 1. The molecule has 0 aliphatic carbocycles. The standard InChI is InChI=1S/C6H10F3N3O2/c1-12(2-4(13)14)5(10)11-3-6(7,8)9/h2-3H2,1H3,(H2,10,11)(H,13,14). The number of alkyl halides is 3. The van der Waals surface area contributed by atoms with Crippen LogP contribution in [0.2, 0.25) is 0 Å². The molecule has 0 atom stereocenters. The first-order chi connectivity index (χ1) is 6.22. The Hall–Kier alpha value is -1.47. The molecule has 0 bridgehead atoms. The first-order valence-electron chi connectivity index (χ1n) is 3.52. The number of carbonyl (C=O) groups is 1. The molecular weight excluding hydrogens is 203 g/mol. The van der Waals surface area contributed by atoms with Gasteiger partial charge >= 0.3 is 12.1 Å². The molecule has 0 rings (SSSR count). The molecule has 82 valence electrons. The summed E-state index contributed by atoms with van der Waals surface area (Å²) in [5, 5.41) is 8.29. The highest BCUT2D eigenvalue weighted by molar-refractivity contribution is 5.82. The quantitative estimate of drug-likeness (QED) is 0.506. The monoisotopic (exact) mass is 213 g/mol. The number of halogens is 3. The van der Waals surface area contributed by atoms with Crippen molar-refractivity contribution in [3.05, 3.63) is 0 Å². The van der Waals surface area contributed by atoms with E-state index in [-0.39, 0.29) is 0 Å². The fraction of sp³-hybridized carbons (Fsp3) is 0.667. The molecule has 3 N–H and O–H groups in total. The van der Waals surface area contributed by atoms with E-state index in [2.05, 4.69) is 4.99 Å². The Bertz CT molecular complexity index is 239. The van der Waals surface area contributed by atoms with E-state index < -0.39 is 31.2 Å². The third-order valence-electron chi connectivity index (χ3n) is 1.18. The first kappa shape index (κ1) is 12.5. The smallest absolute Gasteiger partial charge is 0.408 e. The van der Waals surface area contributed by atoms with Gasteiger partial charge in [-0.25, -0.2) is 4.99 Å². The van der Waals surface area contributed by atoms with E-state index in [0.717, 1.165) is 4.90 Å². The molecule has 0 aromatic heterocycles. The number of hydrogen-bond donors (Lipinski definition) is 2. The van der Waals surface area contributed by atoms with Gasteiger partial charge in [0.05, 0.1) is 0 Å². The van der Waals surface area contributed by atoms with Crippen molar-refractivity contribution in [2.45, 2.75) is 6.18 Å². The van der Waals surface area contributed by atoms with E-state index in [4.69, 9.17) is 10.8 Å². The van der Waals surface area contributed by atoms with Crippen molar-refractivity contribution in [2.75, 3.05) is 20.1 Å². The molecule has 0 radical (unpaired) electrons. The average molecular weight is 213 g/mol. The second-order valence-electron chi connectivity index (χ2n) is 2.54. The second-order valence-corrected chi connectivity index (χ2v) is 2.54. The maximum atomic E-state index is 11.6. The molecular formula is C6H10F3N3O2. The van der Waals surface area contributed by atoms with Crippen LogP contribution in [0.25, 0.3) is 0 Å². The van der Waals surface area contributed by atoms with Crippen LogP contribution in [-0.4, -0.2) is 48.2 Å². The Balaban J connectivity index is 4.17. The molecule has 0 unspecified atom stereocenters. The van der Waals surface area contributed by atoms with Crippen molar-refractivity contribution in [2.24, 2.45) is 10.7 Å². The van der Waals surface area contributed by atoms with Crippen molar-refractivity contribution < 1.29 is 23.1 Å². The van der Waals surface area contributed by atoms with Crippen molar-refractivity contribution in [1.82, 2.24) is 4.90 Å². The fourth-order valence-corrected chi connectivity index (χ4v) is 0.575. The predicted octanol–water partition coefficient (Wildman–Crippen LogP) is -0.120. The minimum absolute atomic E-state index is 0.454. The summed E-state index contributed by atoms with van der Waals surface area (Å²) < 4.78 is 34.9. The lowest BCUT2D eigenvalue weighted by atomic mass is 10.6. The van der Waals surface area contributed by atoms with Crippen LogP contribution in [0.15, 0.2) is 4.99 Å². The molecule has 0 spiro atoms. The number of guanidine groups is 1. The molecule has 0 aliphatic heterocycles. The van der Waals surface area contributed by atoms with Gasteiger partial charge in [0.1, 0.15) is 13.1 Å². The van der Waals surface area contributed by atoms with Crippen molar-refractivity contribution in [1.29, 1.82) is 0 Å².